The van der Waals surface area contributed by atoms with E-state index >= 15 is 0 Å². The Kier molecular flexibility index (Phi) is 2.83. The molecule has 0 unspecified atom stereocenters. The topological polar surface area (TPSA) is 26.0 Å². The summed E-state index contributed by atoms with van der Waals surface area (Å²) in [5, 5.41) is 4.15. The summed E-state index contributed by atoms with van der Waals surface area (Å²) in [7, 11) is 0. The predicted molar refractivity (Wildman–Crippen MR) is 62.4 cm³/mol. The molecule has 0 aliphatic carbocycles. The molecule has 0 radical (unpaired) electrons. The van der Waals surface area contributed by atoms with E-state index in [-0.39, 0.29) is 6.04 Å². The molecule has 68 valence electrons. The molecule has 2 aromatic heterocycles. The van der Waals surface area contributed by atoms with Gasteiger partial charge in [0.1, 0.15) is 0 Å². The van der Waals surface area contributed by atoms with Crippen LogP contribution in [0.4, 0.5) is 0 Å². The second-order valence-corrected chi connectivity index (χ2v) is 5.95. The summed E-state index contributed by atoms with van der Waals surface area (Å²) in [6.07, 6.45) is 0. The van der Waals surface area contributed by atoms with Gasteiger partial charge in [0.25, 0.3) is 0 Å². The van der Waals surface area contributed by atoms with Crippen LogP contribution in [0.3, 0.4) is 0 Å². The van der Waals surface area contributed by atoms with Gasteiger partial charge in [-0.1, -0.05) is 0 Å². The first-order valence-electron chi connectivity index (χ1n) is 3.80. The second-order valence-electron chi connectivity index (χ2n) is 2.68. The van der Waals surface area contributed by atoms with Gasteiger partial charge in [0.2, 0.25) is 0 Å². The Bertz CT molecular complexity index is 380. The summed E-state index contributed by atoms with van der Waals surface area (Å²) in [5.41, 5.74) is 7.26. The van der Waals surface area contributed by atoms with Crippen LogP contribution in [0.25, 0.3) is 0 Å². The third kappa shape index (κ3) is 2.02. The van der Waals surface area contributed by atoms with E-state index in [2.05, 4.69) is 38.8 Å². The third-order valence-corrected chi connectivity index (χ3v) is 4.21. The van der Waals surface area contributed by atoms with Gasteiger partial charge in [-0.05, 0) is 50.5 Å². The first kappa shape index (κ1) is 9.40. The maximum atomic E-state index is 6.07. The zero-order chi connectivity index (χ0) is 9.26. The van der Waals surface area contributed by atoms with Crippen LogP contribution in [0.2, 0.25) is 0 Å². The lowest BCUT2D eigenvalue weighted by molar-refractivity contribution is 0.899. The molecule has 0 aliphatic rings. The fourth-order valence-electron chi connectivity index (χ4n) is 1.11. The van der Waals surface area contributed by atoms with Crippen LogP contribution in [0, 0.1) is 0 Å². The molecule has 0 saturated heterocycles. The van der Waals surface area contributed by atoms with Crippen LogP contribution in [0.15, 0.2) is 32.7 Å². The van der Waals surface area contributed by atoms with Crippen LogP contribution in [-0.2, 0) is 0 Å². The molecule has 0 bridgehead atoms. The molecule has 2 heterocycles. The minimum Gasteiger partial charge on any atom is -0.320 e. The van der Waals surface area contributed by atoms with Gasteiger partial charge in [0.05, 0.1) is 9.83 Å². The Morgan fingerprint density at radius 3 is 2.69 bits per heavy atom. The SMILES string of the molecule is N[C@@H](c1ccsc1)c1ccc(Br)s1. The van der Waals surface area contributed by atoms with E-state index in [1.165, 1.54) is 10.4 Å². The highest BCUT2D eigenvalue weighted by atomic mass is 79.9. The second kappa shape index (κ2) is 3.92. The van der Waals surface area contributed by atoms with Crippen molar-refractivity contribution in [1.82, 2.24) is 0 Å². The van der Waals surface area contributed by atoms with E-state index in [4.69, 9.17) is 5.73 Å². The Labute approximate surface area is 93.3 Å². The van der Waals surface area contributed by atoms with Crippen LogP contribution in [0.1, 0.15) is 16.5 Å². The zero-order valence-electron chi connectivity index (χ0n) is 6.74. The van der Waals surface area contributed by atoms with Crippen LogP contribution < -0.4 is 5.73 Å². The Morgan fingerprint density at radius 1 is 1.31 bits per heavy atom. The molecule has 1 atom stereocenters. The summed E-state index contributed by atoms with van der Waals surface area (Å²) in [6.45, 7) is 0. The molecule has 2 aromatic rings. The Morgan fingerprint density at radius 2 is 2.15 bits per heavy atom. The summed E-state index contributed by atoms with van der Waals surface area (Å²) in [5.74, 6) is 0. The molecule has 2 rings (SSSR count). The summed E-state index contributed by atoms with van der Waals surface area (Å²) in [4.78, 5) is 1.20. The number of hydrogen-bond donors (Lipinski definition) is 1. The predicted octanol–water partition coefficient (Wildman–Crippen LogP) is 3.62. The van der Waals surface area contributed by atoms with Gasteiger partial charge < -0.3 is 5.73 Å². The van der Waals surface area contributed by atoms with Gasteiger partial charge in [0, 0.05) is 4.88 Å². The Balaban J connectivity index is 2.28. The molecular formula is C9H8BrNS2. The van der Waals surface area contributed by atoms with Crippen molar-refractivity contribution in [1.29, 1.82) is 0 Å². The van der Waals surface area contributed by atoms with Crippen molar-refractivity contribution in [2.45, 2.75) is 6.04 Å². The fraction of sp³-hybridized carbons (Fsp3) is 0.111. The molecule has 0 aromatic carbocycles. The molecule has 13 heavy (non-hydrogen) atoms. The minimum atomic E-state index is 0.0301. The van der Waals surface area contributed by atoms with E-state index in [1.807, 2.05) is 6.07 Å². The van der Waals surface area contributed by atoms with Gasteiger partial charge in [-0.2, -0.15) is 11.3 Å². The maximum absolute atomic E-state index is 6.07. The first-order valence-corrected chi connectivity index (χ1v) is 6.35. The van der Waals surface area contributed by atoms with Crippen LogP contribution in [0.5, 0.6) is 0 Å². The highest BCUT2D eigenvalue weighted by Crippen LogP contribution is 2.30. The van der Waals surface area contributed by atoms with Crippen LogP contribution >= 0.6 is 38.6 Å². The quantitative estimate of drug-likeness (QED) is 0.889. The monoisotopic (exact) mass is 273 g/mol. The minimum absolute atomic E-state index is 0.0301. The first-order chi connectivity index (χ1) is 6.27. The smallest absolute Gasteiger partial charge is 0.0702 e. The van der Waals surface area contributed by atoms with Crippen molar-refractivity contribution in [3.05, 3.63) is 43.2 Å². The standard InChI is InChI=1S/C9H8BrNS2/c10-8-2-1-7(13-8)9(11)6-3-4-12-5-6/h1-5,9H,11H2/t9-/m0/s1. The largest absolute Gasteiger partial charge is 0.320 e. The van der Waals surface area contributed by atoms with E-state index in [1.54, 1.807) is 22.7 Å². The lowest BCUT2D eigenvalue weighted by atomic mass is 10.1. The van der Waals surface area contributed by atoms with Gasteiger partial charge in [-0.25, -0.2) is 0 Å². The van der Waals surface area contributed by atoms with E-state index < -0.39 is 0 Å². The molecule has 2 N–H and O–H groups in total. The summed E-state index contributed by atoms with van der Waals surface area (Å²) in [6, 6.07) is 6.20. The molecular weight excluding hydrogens is 266 g/mol. The molecule has 0 fully saturated rings. The summed E-state index contributed by atoms with van der Waals surface area (Å²) >= 11 is 6.80. The molecule has 0 amide bonds. The van der Waals surface area contributed by atoms with Crippen molar-refractivity contribution in [3.63, 3.8) is 0 Å². The maximum Gasteiger partial charge on any atom is 0.0702 e. The lowest BCUT2D eigenvalue weighted by Crippen LogP contribution is -2.08. The highest BCUT2D eigenvalue weighted by Gasteiger charge is 2.10. The lowest BCUT2D eigenvalue weighted by Gasteiger charge is -2.05. The normalized spacial score (nSPS) is 13.1. The van der Waals surface area contributed by atoms with Crippen molar-refractivity contribution in [2.75, 3.05) is 0 Å². The number of hydrogen-bond acceptors (Lipinski definition) is 3. The number of nitrogens with two attached hydrogens (primary N) is 1. The van der Waals surface area contributed by atoms with E-state index in [9.17, 15) is 0 Å². The van der Waals surface area contributed by atoms with Crippen molar-refractivity contribution in [2.24, 2.45) is 5.73 Å². The third-order valence-electron chi connectivity index (χ3n) is 1.80. The fourth-order valence-corrected chi connectivity index (χ4v) is 3.26. The number of halogens is 1. The average molecular weight is 274 g/mol. The van der Waals surface area contributed by atoms with Gasteiger partial charge in [-0.3, -0.25) is 0 Å². The highest BCUT2D eigenvalue weighted by molar-refractivity contribution is 9.11. The molecule has 0 aliphatic heterocycles. The molecule has 1 nitrogen and oxygen atoms in total. The molecule has 0 saturated carbocycles. The Hall–Kier alpha value is -0.160. The number of rotatable bonds is 2. The summed E-state index contributed by atoms with van der Waals surface area (Å²) < 4.78 is 1.13. The zero-order valence-corrected chi connectivity index (χ0v) is 9.95. The van der Waals surface area contributed by atoms with E-state index in [0.717, 1.165) is 3.79 Å². The van der Waals surface area contributed by atoms with Crippen LogP contribution in [-0.4, -0.2) is 0 Å². The molecule has 4 heteroatoms. The molecule has 0 spiro atoms. The van der Waals surface area contributed by atoms with Gasteiger partial charge in [-0.15, -0.1) is 11.3 Å². The van der Waals surface area contributed by atoms with Crippen molar-refractivity contribution in [3.8, 4) is 0 Å². The van der Waals surface area contributed by atoms with Crippen molar-refractivity contribution >= 4 is 38.6 Å². The van der Waals surface area contributed by atoms with Gasteiger partial charge >= 0.3 is 0 Å². The van der Waals surface area contributed by atoms with Crippen molar-refractivity contribution < 1.29 is 0 Å². The van der Waals surface area contributed by atoms with Gasteiger partial charge in [0.15, 0.2) is 0 Å². The van der Waals surface area contributed by atoms with E-state index in [0.29, 0.717) is 0 Å². The average Bonchev–Trinajstić information content (AvgIpc) is 2.72. The number of thiophene rings is 2.